The van der Waals surface area contributed by atoms with Crippen molar-refractivity contribution < 1.29 is 5.48 Å². The highest BCUT2D eigenvalue weighted by atomic mass is 16.1. The number of nitrogens with zero attached hydrogens (tertiary/aromatic N) is 1. The highest BCUT2D eigenvalue weighted by molar-refractivity contribution is 5.69. The van der Waals surface area contributed by atoms with Gasteiger partial charge in [0.05, 0.1) is 0 Å². The van der Waals surface area contributed by atoms with Gasteiger partial charge in [0.2, 0.25) is 5.95 Å². The van der Waals surface area contributed by atoms with Crippen molar-refractivity contribution in [1.29, 1.82) is 0 Å². The Labute approximate surface area is 70.1 Å². The molecule has 2 aromatic rings. The number of anilines is 1. The van der Waals surface area contributed by atoms with Gasteiger partial charge in [0.1, 0.15) is 0 Å². The van der Waals surface area contributed by atoms with Crippen LogP contribution in [-0.2, 0) is 0 Å². The zero-order valence-corrected chi connectivity index (χ0v) is 6.34. The molecule has 0 radical (unpaired) electrons. The molecular weight excluding hydrogens is 178 g/mol. The molecule has 0 saturated carbocycles. The summed E-state index contributed by atoms with van der Waals surface area (Å²) < 4.78 is 0. The SMILES string of the molecule is Nc1nc2[nH]c(=O)[nH]c2c(=O)[nH]1.O. The first kappa shape index (κ1) is 9.00. The van der Waals surface area contributed by atoms with Crippen LogP contribution in [0.25, 0.3) is 11.2 Å². The van der Waals surface area contributed by atoms with Gasteiger partial charge in [-0.05, 0) is 0 Å². The van der Waals surface area contributed by atoms with Crippen LogP contribution in [0.4, 0.5) is 5.95 Å². The van der Waals surface area contributed by atoms with Gasteiger partial charge in [-0.15, -0.1) is 0 Å². The summed E-state index contributed by atoms with van der Waals surface area (Å²) in [7, 11) is 0. The maximum atomic E-state index is 11.0. The average Bonchev–Trinajstić information content (AvgIpc) is 2.29. The van der Waals surface area contributed by atoms with Crippen LogP contribution >= 0.6 is 0 Å². The number of nitrogens with two attached hydrogens (primary N) is 1. The monoisotopic (exact) mass is 185 g/mol. The molecule has 0 spiro atoms. The van der Waals surface area contributed by atoms with Gasteiger partial charge >= 0.3 is 5.69 Å². The van der Waals surface area contributed by atoms with Crippen LogP contribution < -0.4 is 17.0 Å². The Balaban J connectivity index is 0.000000845. The quantitative estimate of drug-likeness (QED) is 0.364. The van der Waals surface area contributed by atoms with Crippen molar-refractivity contribution in [3.8, 4) is 0 Å². The van der Waals surface area contributed by atoms with Gasteiger partial charge in [-0.25, -0.2) is 4.79 Å². The molecule has 0 aromatic carbocycles. The maximum Gasteiger partial charge on any atom is 0.325 e. The highest BCUT2D eigenvalue weighted by Gasteiger charge is 2.03. The lowest BCUT2D eigenvalue weighted by molar-refractivity contribution is 0.824. The molecular formula is C5H7N5O3. The molecule has 0 aliphatic carbocycles. The molecule has 0 saturated heterocycles. The number of H-pyrrole nitrogens is 3. The van der Waals surface area contributed by atoms with Crippen LogP contribution in [0.3, 0.4) is 0 Å². The van der Waals surface area contributed by atoms with Crippen LogP contribution in [0.1, 0.15) is 0 Å². The van der Waals surface area contributed by atoms with Crippen molar-refractivity contribution in [1.82, 2.24) is 19.9 Å². The Bertz CT molecular complexity index is 535. The van der Waals surface area contributed by atoms with Crippen molar-refractivity contribution >= 4 is 17.1 Å². The smallest absolute Gasteiger partial charge is 0.325 e. The molecule has 0 bridgehead atoms. The van der Waals surface area contributed by atoms with Crippen LogP contribution in [0.15, 0.2) is 9.59 Å². The van der Waals surface area contributed by atoms with Crippen LogP contribution in [-0.4, -0.2) is 25.4 Å². The van der Waals surface area contributed by atoms with Gasteiger partial charge < -0.3 is 11.2 Å². The fourth-order valence-electron chi connectivity index (χ4n) is 0.949. The normalized spacial score (nSPS) is 9.85. The molecule has 13 heavy (non-hydrogen) atoms. The van der Waals surface area contributed by atoms with E-state index in [-0.39, 0.29) is 22.6 Å². The van der Waals surface area contributed by atoms with Gasteiger partial charge in [0.25, 0.3) is 5.56 Å². The van der Waals surface area contributed by atoms with Gasteiger partial charge in [-0.1, -0.05) is 0 Å². The van der Waals surface area contributed by atoms with Crippen molar-refractivity contribution in [2.45, 2.75) is 0 Å². The minimum absolute atomic E-state index is 0. The van der Waals surface area contributed by atoms with E-state index in [1.807, 2.05) is 0 Å². The summed E-state index contributed by atoms with van der Waals surface area (Å²) in [5, 5.41) is 0. The predicted molar refractivity (Wildman–Crippen MR) is 45.4 cm³/mol. The molecule has 2 heterocycles. The maximum absolute atomic E-state index is 11.0. The number of fused-ring (bicyclic) bond motifs is 1. The molecule has 0 aliphatic heterocycles. The minimum Gasteiger partial charge on any atom is -0.412 e. The summed E-state index contributed by atoms with van der Waals surface area (Å²) in [5.41, 5.74) is 4.56. The van der Waals surface area contributed by atoms with E-state index < -0.39 is 11.2 Å². The number of nitrogens with one attached hydrogen (secondary N) is 3. The zero-order chi connectivity index (χ0) is 8.72. The summed E-state index contributed by atoms with van der Waals surface area (Å²) in [6, 6.07) is 0. The Morgan fingerprint density at radius 3 is 2.54 bits per heavy atom. The summed E-state index contributed by atoms with van der Waals surface area (Å²) in [6.45, 7) is 0. The molecule has 0 unspecified atom stereocenters. The largest absolute Gasteiger partial charge is 0.412 e. The third kappa shape index (κ3) is 1.29. The van der Waals surface area contributed by atoms with E-state index in [4.69, 9.17) is 5.73 Å². The molecule has 8 nitrogen and oxygen atoms in total. The second-order valence-electron chi connectivity index (χ2n) is 2.25. The Morgan fingerprint density at radius 1 is 1.15 bits per heavy atom. The van der Waals surface area contributed by atoms with E-state index >= 15 is 0 Å². The summed E-state index contributed by atoms with van der Waals surface area (Å²) in [5.74, 6) is -0.0252. The lowest BCUT2D eigenvalue weighted by Crippen LogP contribution is -2.11. The van der Waals surface area contributed by atoms with E-state index in [2.05, 4.69) is 19.9 Å². The topological polar surface area (TPSA) is 152 Å². The third-order valence-electron chi connectivity index (χ3n) is 1.41. The average molecular weight is 185 g/mol. The number of hydrogen-bond donors (Lipinski definition) is 4. The van der Waals surface area contributed by atoms with Crippen molar-refractivity contribution in [2.75, 3.05) is 5.73 Å². The van der Waals surface area contributed by atoms with Crippen molar-refractivity contribution in [3.05, 3.63) is 20.8 Å². The second-order valence-corrected chi connectivity index (χ2v) is 2.25. The van der Waals surface area contributed by atoms with Crippen LogP contribution in [0.2, 0.25) is 0 Å². The molecule has 2 aromatic heterocycles. The van der Waals surface area contributed by atoms with Gasteiger partial charge in [-0.3, -0.25) is 19.7 Å². The summed E-state index contributed by atoms with van der Waals surface area (Å²) in [4.78, 5) is 32.3. The standard InChI is InChI=1S/C5H5N5O2.H2O/c6-4-8-2-1(3(11)10-4)7-5(12)9-2;/h(H5,6,7,8,9,10,11,12);1H2. The fourth-order valence-corrected chi connectivity index (χ4v) is 0.949. The Kier molecular flexibility index (Phi) is 1.91. The molecule has 8 heteroatoms. The number of rotatable bonds is 0. The molecule has 0 atom stereocenters. The molecule has 0 fully saturated rings. The lowest BCUT2D eigenvalue weighted by atomic mass is 10.5. The zero-order valence-electron chi connectivity index (χ0n) is 6.34. The molecule has 0 amide bonds. The molecule has 0 aliphatic rings. The Hall–Kier alpha value is -2.09. The number of imidazole rings is 1. The predicted octanol–water partition coefficient (Wildman–Crippen LogP) is -2.30. The second kappa shape index (κ2) is 2.75. The minimum atomic E-state index is -0.478. The Morgan fingerprint density at radius 2 is 1.85 bits per heavy atom. The van der Waals surface area contributed by atoms with Crippen molar-refractivity contribution in [2.24, 2.45) is 0 Å². The fraction of sp³-hybridized carbons (Fsp3) is 0. The van der Waals surface area contributed by atoms with E-state index in [0.717, 1.165) is 0 Å². The van der Waals surface area contributed by atoms with Gasteiger partial charge in [0, 0.05) is 0 Å². The third-order valence-corrected chi connectivity index (χ3v) is 1.41. The van der Waals surface area contributed by atoms with Gasteiger partial charge in [-0.2, -0.15) is 4.98 Å². The number of aromatic amines is 3. The number of aromatic nitrogens is 4. The lowest BCUT2D eigenvalue weighted by Gasteiger charge is -1.89. The first-order valence-electron chi connectivity index (χ1n) is 3.14. The van der Waals surface area contributed by atoms with E-state index in [1.54, 1.807) is 0 Å². The molecule has 7 N–H and O–H groups in total. The van der Waals surface area contributed by atoms with E-state index in [9.17, 15) is 9.59 Å². The van der Waals surface area contributed by atoms with Crippen molar-refractivity contribution in [3.63, 3.8) is 0 Å². The van der Waals surface area contributed by atoms with E-state index in [1.165, 1.54) is 0 Å². The molecule has 2 rings (SSSR count). The first-order valence-corrected chi connectivity index (χ1v) is 3.14. The summed E-state index contributed by atoms with van der Waals surface area (Å²) in [6.07, 6.45) is 0. The summed E-state index contributed by atoms with van der Waals surface area (Å²) >= 11 is 0. The number of hydrogen-bond acceptors (Lipinski definition) is 4. The first-order chi connectivity index (χ1) is 5.66. The van der Waals surface area contributed by atoms with E-state index in [0.29, 0.717) is 0 Å². The van der Waals surface area contributed by atoms with Gasteiger partial charge in [0.15, 0.2) is 11.2 Å². The van der Waals surface area contributed by atoms with Crippen LogP contribution in [0.5, 0.6) is 0 Å². The molecule has 70 valence electrons. The van der Waals surface area contributed by atoms with Crippen LogP contribution in [0, 0.1) is 0 Å². The highest BCUT2D eigenvalue weighted by Crippen LogP contribution is 1.96. The number of nitrogen functional groups attached to an aromatic ring is 1.